The maximum absolute atomic E-state index is 12.5. The largest absolute Gasteiger partial charge is 0.368 e. The first-order chi connectivity index (χ1) is 15.2. The van der Waals surface area contributed by atoms with E-state index in [0.717, 1.165) is 22.3 Å². The summed E-state index contributed by atoms with van der Waals surface area (Å²) in [7, 11) is 0. The smallest absolute Gasteiger partial charge is 0.243 e. The Labute approximate surface area is 186 Å². The van der Waals surface area contributed by atoms with Gasteiger partial charge in [0.25, 0.3) is 0 Å². The van der Waals surface area contributed by atoms with Gasteiger partial charge in [0, 0.05) is 12.8 Å². The fraction of sp³-hybridized carbons (Fsp3) is 0.333. The summed E-state index contributed by atoms with van der Waals surface area (Å²) in [6, 6.07) is 12.5. The molecule has 1 fully saturated rings. The normalized spacial score (nSPS) is 18.9. The summed E-state index contributed by atoms with van der Waals surface area (Å²) < 4.78 is 0. The molecule has 8 nitrogen and oxygen atoms in total. The Hall–Kier alpha value is -3.68. The molecule has 1 saturated heterocycles. The van der Waals surface area contributed by atoms with Gasteiger partial charge in [-0.1, -0.05) is 48.5 Å². The molecule has 3 rings (SSSR count). The molecule has 5 N–H and O–H groups in total. The van der Waals surface area contributed by atoms with E-state index < -0.39 is 35.8 Å². The monoisotopic (exact) mass is 436 g/mol. The second-order valence-electron chi connectivity index (χ2n) is 8.16. The summed E-state index contributed by atoms with van der Waals surface area (Å²) in [5.41, 5.74) is 9.45. The third-order valence-electron chi connectivity index (χ3n) is 5.63. The van der Waals surface area contributed by atoms with Gasteiger partial charge in [0.15, 0.2) is 0 Å². The van der Waals surface area contributed by atoms with Crippen LogP contribution in [-0.4, -0.2) is 41.8 Å². The van der Waals surface area contributed by atoms with Gasteiger partial charge in [-0.2, -0.15) is 0 Å². The van der Waals surface area contributed by atoms with Crippen molar-refractivity contribution < 1.29 is 19.2 Å². The van der Waals surface area contributed by atoms with E-state index in [2.05, 4.69) is 16.0 Å². The van der Waals surface area contributed by atoms with Gasteiger partial charge in [0.05, 0.1) is 6.42 Å². The number of primary amides is 1. The van der Waals surface area contributed by atoms with Crippen molar-refractivity contribution >= 4 is 23.6 Å². The molecule has 0 unspecified atom stereocenters. The van der Waals surface area contributed by atoms with E-state index in [-0.39, 0.29) is 18.7 Å². The highest BCUT2D eigenvalue weighted by Crippen LogP contribution is 2.12. The number of hydrogen-bond donors (Lipinski definition) is 4. The lowest BCUT2D eigenvalue weighted by Gasteiger charge is -2.29. The van der Waals surface area contributed by atoms with Gasteiger partial charge in [-0.25, -0.2) is 0 Å². The first-order valence-electron chi connectivity index (χ1n) is 10.5. The zero-order valence-corrected chi connectivity index (χ0v) is 18.2. The second-order valence-corrected chi connectivity index (χ2v) is 8.16. The molecule has 1 heterocycles. The van der Waals surface area contributed by atoms with Crippen LogP contribution in [-0.2, 0) is 32.0 Å². The Morgan fingerprint density at radius 1 is 0.938 bits per heavy atom. The second kappa shape index (κ2) is 10.1. The minimum atomic E-state index is -1.01. The number of benzene rings is 2. The topological polar surface area (TPSA) is 130 Å². The van der Waals surface area contributed by atoms with E-state index in [1.54, 1.807) is 0 Å². The SMILES string of the molecule is Cc1ccc(C[C@H](NC(=O)C[C@@H]2NC(=O)[C@H](Cc3ccccc3)NC2=O)C(N)=O)cc1C. The molecule has 2 aromatic rings. The molecule has 1 aliphatic rings. The lowest BCUT2D eigenvalue weighted by atomic mass is 9.99. The number of nitrogens with one attached hydrogen (secondary N) is 3. The van der Waals surface area contributed by atoms with Crippen LogP contribution in [0, 0.1) is 13.8 Å². The van der Waals surface area contributed by atoms with E-state index in [9.17, 15) is 19.2 Å². The molecule has 3 atom stereocenters. The molecule has 8 heteroatoms. The molecule has 2 aromatic carbocycles. The standard InChI is InChI=1S/C24H28N4O4/c1-14-8-9-17(10-15(14)2)12-18(22(25)30)26-21(29)13-20-24(32)27-19(23(31)28-20)11-16-6-4-3-5-7-16/h3-10,18-20H,11-13H2,1-2H3,(H2,25,30)(H,26,29)(H,27,32)(H,28,31)/t18-,19-,20-/m0/s1. The zero-order valence-electron chi connectivity index (χ0n) is 18.2. The van der Waals surface area contributed by atoms with Crippen molar-refractivity contribution in [2.24, 2.45) is 5.73 Å². The van der Waals surface area contributed by atoms with Crippen LogP contribution < -0.4 is 21.7 Å². The summed E-state index contributed by atoms with van der Waals surface area (Å²) >= 11 is 0. The van der Waals surface area contributed by atoms with Crippen LogP contribution in [0.5, 0.6) is 0 Å². The van der Waals surface area contributed by atoms with Gasteiger partial charge in [0.1, 0.15) is 18.1 Å². The summed E-state index contributed by atoms with van der Waals surface area (Å²) in [5, 5.41) is 7.87. The fourth-order valence-corrected chi connectivity index (χ4v) is 3.64. The molecule has 0 spiro atoms. The van der Waals surface area contributed by atoms with Crippen molar-refractivity contribution in [1.29, 1.82) is 0 Å². The molecule has 0 aliphatic carbocycles. The van der Waals surface area contributed by atoms with Crippen LogP contribution in [0.15, 0.2) is 48.5 Å². The van der Waals surface area contributed by atoms with E-state index in [1.807, 2.05) is 62.4 Å². The fourth-order valence-electron chi connectivity index (χ4n) is 3.64. The van der Waals surface area contributed by atoms with Crippen LogP contribution in [0.3, 0.4) is 0 Å². The zero-order chi connectivity index (χ0) is 23.3. The molecule has 0 saturated carbocycles. The Balaban J connectivity index is 1.57. The van der Waals surface area contributed by atoms with E-state index in [0.29, 0.717) is 6.42 Å². The van der Waals surface area contributed by atoms with Crippen LogP contribution in [0.1, 0.15) is 28.7 Å². The Morgan fingerprint density at radius 3 is 2.25 bits per heavy atom. The number of aryl methyl sites for hydroxylation is 2. The van der Waals surface area contributed by atoms with Crippen molar-refractivity contribution in [3.05, 3.63) is 70.8 Å². The van der Waals surface area contributed by atoms with Crippen molar-refractivity contribution in [3.63, 3.8) is 0 Å². The van der Waals surface area contributed by atoms with Crippen molar-refractivity contribution in [2.75, 3.05) is 0 Å². The average Bonchev–Trinajstić information content (AvgIpc) is 2.74. The van der Waals surface area contributed by atoms with Gasteiger partial charge < -0.3 is 21.7 Å². The maximum atomic E-state index is 12.5. The van der Waals surface area contributed by atoms with Crippen LogP contribution in [0.25, 0.3) is 0 Å². The molecule has 0 radical (unpaired) electrons. The van der Waals surface area contributed by atoms with Crippen LogP contribution >= 0.6 is 0 Å². The highest BCUT2D eigenvalue weighted by atomic mass is 16.2. The van der Waals surface area contributed by atoms with E-state index >= 15 is 0 Å². The Bertz CT molecular complexity index is 1020. The number of amides is 4. The number of rotatable bonds is 8. The van der Waals surface area contributed by atoms with Gasteiger partial charge in [-0.05, 0) is 36.1 Å². The van der Waals surface area contributed by atoms with E-state index in [1.165, 1.54) is 0 Å². The van der Waals surface area contributed by atoms with Gasteiger partial charge in [0.2, 0.25) is 23.6 Å². The predicted molar refractivity (Wildman–Crippen MR) is 119 cm³/mol. The van der Waals surface area contributed by atoms with Crippen LogP contribution in [0.2, 0.25) is 0 Å². The molecule has 168 valence electrons. The summed E-state index contributed by atoms with van der Waals surface area (Å²) in [6.45, 7) is 3.95. The molecular weight excluding hydrogens is 408 g/mol. The highest BCUT2D eigenvalue weighted by molar-refractivity contribution is 5.99. The summed E-state index contributed by atoms with van der Waals surface area (Å²) in [4.78, 5) is 49.3. The third kappa shape index (κ3) is 5.94. The Kier molecular flexibility index (Phi) is 7.25. The molecule has 4 amide bonds. The van der Waals surface area contributed by atoms with Crippen LogP contribution in [0.4, 0.5) is 0 Å². The maximum Gasteiger partial charge on any atom is 0.243 e. The summed E-state index contributed by atoms with van der Waals surface area (Å²) in [6.07, 6.45) is 0.313. The number of piperazine rings is 1. The van der Waals surface area contributed by atoms with Gasteiger partial charge in [-0.3, -0.25) is 19.2 Å². The number of carbonyl (C=O) groups is 4. The average molecular weight is 437 g/mol. The van der Waals surface area contributed by atoms with Crippen molar-refractivity contribution in [3.8, 4) is 0 Å². The number of carbonyl (C=O) groups excluding carboxylic acids is 4. The molecule has 32 heavy (non-hydrogen) atoms. The van der Waals surface area contributed by atoms with Crippen molar-refractivity contribution in [1.82, 2.24) is 16.0 Å². The van der Waals surface area contributed by atoms with Gasteiger partial charge >= 0.3 is 0 Å². The minimum absolute atomic E-state index is 0.241. The first-order valence-corrected chi connectivity index (χ1v) is 10.5. The summed E-state index contributed by atoms with van der Waals surface area (Å²) in [5.74, 6) is -2.01. The van der Waals surface area contributed by atoms with E-state index in [4.69, 9.17) is 5.73 Å². The highest BCUT2D eigenvalue weighted by Gasteiger charge is 2.35. The number of nitrogens with two attached hydrogens (primary N) is 1. The molecule has 1 aliphatic heterocycles. The quantitative estimate of drug-likeness (QED) is 0.478. The lowest BCUT2D eigenvalue weighted by molar-refractivity contribution is -0.138. The first kappa shape index (κ1) is 23.0. The third-order valence-corrected chi connectivity index (χ3v) is 5.63. The lowest BCUT2D eigenvalue weighted by Crippen LogP contribution is -2.63. The Morgan fingerprint density at radius 2 is 1.59 bits per heavy atom. The van der Waals surface area contributed by atoms with Gasteiger partial charge in [-0.15, -0.1) is 0 Å². The predicted octanol–water partition coefficient (Wildman–Crippen LogP) is 0.432. The number of hydrogen-bond acceptors (Lipinski definition) is 4. The molecule has 0 bridgehead atoms. The molecular formula is C24H28N4O4. The minimum Gasteiger partial charge on any atom is -0.368 e. The molecule has 0 aromatic heterocycles. The van der Waals surface area contributed by atoms with Crippen molar-refractivity contribution in [2.45, 2.75) is 51.2 Å².